The molecule has 26 heavy (non-hydrogen) atoms. The van der Waals surface area contributed by atoms with Gasteiger partial charge in [-0.3, -0.25) is 4.79 Å². The van der Waals surface area contributed by atoms with Crippen LogP contribution < -0.4 is 4.90 Å². The summed E-state index contributed by atoms with van der Waals surface area (Å²) in [6.07, 6.45) is 4.12. The van der Waals surface area contributed by atoms with Crippen LogP contribution in [0.4, 0.5) is 11.4 Å². The summed E-state index contributed by atoms with van der Waals surface area (Å²) in [5.74, 6) is 0.949. The summed E-state index contributed by atoms with van der Waals surface area (Å²) in [5.41, 5.74) is 5.66. The number of nitrogens with zero attached hydrogens (tertiary/aromatic N) is 2. The van der Waals surface area contributed by atoms with Crippen LogP contribution in [0.15, 0.2) is 48.5 Å². The Morgan fingerprint density at radius 1 is 1.00 bits per heavy atom. The Hall–Kier alpha value is -2.13. The van der Waals surface area contributed by atoms with E-state index in [1.165, 1.54) is 28.9 Å². The lowest BCUT2D eigenvalue weighted by Crippen LogP contribution is -2.29. The summed E-state index contributed by atoms with van der Waals surface area (Å²) in [6, 6.07) is 17.8. The predicted octanol–water partition coefficient (Wildman–Crippen LogP) is 4.22. The number of likely N-dealkylation sites (tertiary alicyclic amines) is 1. The normalized spacial score (nSPS) is 19.7. The van der Waals surface area contributed by atoms with Crippen molar-refractivity contribution in [1.29, 1.82) is 0 Å². The molecule has 1 atom stereocenters. The standard InChI is InChI=1S/C23H28N2O/c1-18(26)12-14-24-15-13-19(16-24)17-25-22-8-4-2-6-20(22)10-11-21-7-3-5-9-23(21)25/h2-9,19H,10-17H2,1H3. The number of ketones is 1. The first kappa shape index (κ1) is 17.3. The van der Waals surface area contributed by atoms with Crippen molar-refractivity contribution < 1.29 is 4.79 Å². The summed E-state index contributed by atoms with van der Waals surface area (Å²) in [4.78, 5) is 16.3. The Morgan fingerprint density at radius 3 is 2.23 bits per heavy atom. The summed E-state index contributed by atoms with van der Waals surface area (Å²) < 4.78 is 0. The van der Waals surface area contributed by atoms with E-state index < -0.39 is 0 Å². The molecule has 0 amide bonds. The lowest BCUT2D eigenvalue weighted by atomic mass is 10.0. The van der Waals surface area contributed by atoms with Crippen LogP contribution in [0.3, 0.4) is 0 Å². The molecule has 2 aliphatic rings. The van der Waals surface area contributed by atoms with E-state index in [0.717, 1.165) is 39.0 Å². The van der Waals surface area contributed by atoms with Crippen LogP contribution in [0.1, 0.15) is 30.9 Å². The van der Waals surface area contributed by atoms with Crippen LogP contribution in [-0.4, -0.2) is 36.9 Å². The number of Topliss-reactive ketones (excluding diaryl/α,β-unsaturated/α-hetero) is 1. The Bertz CT molecular complexity index is 738. The van der Waals surface area contributed by atoms with Crippen molar-refractivity contribution in [1.82, 2.24) is 4.90 Å². The van der Waals surface area contributed by atoms with Crippen LogP contribution in [0.2, 0.25) is 0 Å². The van der Waals surface area contributed by atoms with E-state index in [1.54, 1.807) is 6.92 Å². The third kappa shape index (κ3) is 3.68. The number of carbonyl (C=O) groups excluding carboxylic acids is 1. The number of fused-ring (bicyclic) bond motifs is 2. The number of carbonyl (C=O) groups is 1. The molecule has 0 bridgehead atoms. The molecule has 136 valence electrons. The van der Waals surface area contributed by atoms with E-state index in [0.29, 0.717) is 18.1 Å². The summed E-state index contributed by atoms with van der Waals surface area (Å²) in [6.45, 7) is 5.89. The number of aryl methyl sites for hydroxylation is 2. The second-order valence-electron chi connectivity index (χ2n) is 7.78. The van der Waals surface area contributed by atoms with Gasteiger partial charge in [-0.2, -0.15) is 0 Å². The quantitative estimate of drug-likeness (QED) is 0.808. The molecular formula is C23H28N2O. The first-order valence-electron chi connectivity index (χ1n) is 9.86. The summed E-state index contributed by atoms with van der Waals surface area (Å²) >= 11 is 0. The van der Waals surface area contributed by atoms with Gasteiger partial charge in [-0.25, -0.2) is 0 Å². The second-order valence-corrected chi connectivity index (χ2v) is 7.78. The van der Waals surface area contributed by atoms with Crippen LogP contribution in [0, 0.1) is 5.92 Å². The van der Waals surface area contributed by atoms with Gasteiger partial charge >= 0.3 is 0 Å². The van der Waals surface area contributed by atoms with E-state index in [9.17, 15) is 4.79 Å². The first-order valence-corrected chi connectivity index (χ1v) is 9.86. The van der Waals surface area contributed by atoms with Gasteiger partial charge in [-0.15, -0.1) is 0 Å². The van der Waals surface area contributed by atoms with Crippen LogP contribution >= 0.6 is 0 Å². The molecular weight excluding hydrogens is 320 g/mol. The molecule has 0 aromatic heterocycles. The lowest BCUT2D eigenvalue weighted by molar-refractivity contribution is -0.117. The van der Waals surface area contributed by atoms with Crippen molar-refractivity contribution >= 4 is 17.2 Å². The molecule has 0 radical (unpaired) electrons. The number of para-hydroxylation sites is 2. The molecule has 3 nitrogen and oxygen atoms in total. The van der Waals surface area contributed by atoms with Gasteiger partial charge < -0.3 is 9.80 Å². The first-order chi connectivity index (χ1) is 12.7. The Kier molecular flexibility index (Phi) is 5.07. The molecule has 2 aromatic carbocycles. The number of rotatable bonds is 5. The monoisotopic (exact) mass is 348 g/mol. The van der Waals surface area contributed by atoms with Crippen molar-refractivity contribution in [2.24, 2.45) is 5.92 Å². The highest BCUT2D eigenvalue weighted by atomic mass is 16.1. The van der Waals surface area contributed by atoms with Crippen LogP contribution in [-0.2, 0) is 17.6 Å². The fourth-order valence-electron chi connectivity index (χ4n) is 4.41. The van der Waals surface area contributed by atoms with E-state index in [-0.39, 0.29) is 0 Å². The average molecular weight is 348 g/mol. The fraction of sp³-hybridized carbons (Fsp3) is 0.435. The van der Waals surface area contributed by atoms with Gasteiger partial charge in [0, 0.05) is 37.4 Å². The third-order valence-corrected chi connectivity index (χ3v) is 5.82. The maximum Gasteiger partial charge on any atom is 0.131 e. The number of anilines is 2. The molecule has 0 N–H and O–H groups in total. The van der Waals surface area contributed by atoms with Crippen molar-refractivity contribution in [3.8, 4) is 0 Å². The highest BCUT2D eigenvalue weighted by Crippen LogP contribution is 2.37. The van der Waals surface area contributed by atoms with Gasteiger partial charge in [0.2, 0.25) is 0 Å². The Balaban J connectivity index is 1.55. The van der Waals surface area contributed by atoms with Gasteiger partial charge in [0.05, 0.1) is 0 Å². The summed E-state index contributed by atoms with van der Waals surface area (Å²) in [7, 11) is 0. The topological polar surface area (TPSA) is 23.6 Å². The minimum atomic E-state index is 0.295. The zero-order valence-corrected chi connectivity index (χ0v) is 15.7. The molecule has 1 fully saturated rings. The predicted molar refractivity (Wildman–Crippen MR) is 107 cm³/mol. The van der Waals surface area contributed by atoms with Gasteiger partial charge in [0.25, 0.3) is 0 Å². The minimum Gasteiger partial charge on any atom is -0.341 e. The SMILES string of the molecule is CC(=O)CCN1CCC(CN2c3ccccc3CCc3ccccc32)C1. The molecule has 1 saturated heterocycles. The molecule has 1 unspecified atom stereocenters. The minimum absolute atomic E-state index is 0.295. The Labute approximate surface area is 156 Å². The molecule has 0 spiro atoms. The highest BCUT2D eigenvalue weighted by molar-refractivity contribution is 5.75. The van der Waals surface area contributed by atoms with E-state index in [1.807, 2.05) is 0 Å². The van der Waals surface area contributed by atoms with Crippen molar-refractivity contribution in [2.75, 3.05) is 31.1 Å². The van der Waals surface area contributed by atoms with Gasteiger partial charge in [-0.05, 0) is 61.9 Å². The smallest absolute Gasteiger partial charge is 0.131 e. The van der Waals surface area contributed by atoms with E-state index in [4.69, 9.17) is 0 Å². The van der Waals surface area contributed by atoms with Crippen LogP contribution in [0.5, 0.6) is 0 Å². The second kappa shape index (κ2) is 7.63. The third-order valence-electron chi connectivity index (χ3n) is 5.82. The zero-order valence-electron chi connectivity index (χ0n) is 15.7. The molecule has 2 heterocycles. The fourth-order valence-corrected chi connectivity index (χ4v) is 4.41. The molecule has 3 heteroatoms. The highest BCUT2D eigenvalue weighted by Gasteiger charge is 2.27. The van der Waals surface area contributed by atoms with Gasteiger partial charge in [0.1, 0.15) is 5.78 Å². The molecule has 2 aromatic rings. The van der Waals surface area contributed by atoms with Crippen molar-refractivity contribution in [2.45, 2.75) is 32.6 Å². The van der Waals surface area contributed by atoms with E-state index >= 15 is 0 Å². The molecule has 2 aliphatic heterocycles. The number of hydrogen-bond acceptors (Lipinski definition) is 3. The van der Waals surface area contributed by atoms with E-state index in [2.05, 4.69) is 58.3 Å². The van der Waals surface area contributed by atoms with Crippen molar-refractivity contribution in [3.63, 3.8) is 0 Å². The van der Waals surface area contributed by atoms with Gasteiger partial charge in [0.15, 0.2) is 0 Å². The molecule has 0 aliphatic carbocycles. The summed E-state index contributed by atoms with van der Waals surface area (Å²) in [5, 5.41) is 0. The van der Waals surface area contributed by atoms with Crippen molar-refractivity contribution in [3.05, 3.63) is 59.7 Å². The number of hydrogen-bond donors (Lipinski definition) is 0. The van der Waals surface area contributed by atoms with Gasteiger partial charge in [-0.1, -0.05) is 36.4 Å². The maximum atomic E-state index is 11.3. The largest absolute Gasteiger partial charge is 0.341 e. The van der Waals surface area contributed by atoms with Crippen LogP contribution in [0.25, 0.3) is 0 Å². The Morgan fingerprint density at radius 2 is 1.62 bits per heavy atom. The average Bonchev–Trinajstić information content (AvgIpc) is 3.04. The molecule has 4 rings (SSSR count). The maximum absolute atomic E-state index is 11.3. The zero-order chi connectivity index (χ0) is 17.9. The lowest BCUT2D eigenvalue weighted by Gasteiger charge is -2.29. The number of benzene rings is 2. The molecule has 0 saturated carbocycles.